The lowest BCUT2D eigenvalue weighted by molar-refractivity contribution is -0.126. The monoisotopic (exact) mass is 536 g/mol. The highest BCUT2D eigenvalue weighted by Crippen LogP contribution is 2.38. The van der Waals surface area contributed by atoms with Crippen LogP contribution < -0.4 is 10.0 Å². The summed E-state index contributed by atoms with van der Waals surface area (Å²) in [6.07, 6.45) is 9.03. The van der Waals surface area contributed by atoms with Gasteiger partial charge in [-0.3, -0.25) is 9.78 Å². The van der Waals surface area contributed by atoms with Crippen molar-refractivity contribution >= 4 is 38.2 Å². The van der Waals surface area contributed by atoms with E-state index in [1.54, 1.807) is 30.6 Å². The Morgan fingerprint density at radius 1 is 1.08 bits per heavy atom. The quantitative estimate of drug-likeness (QED) is 0.282. The summed E-state index contributed by atoms with van der Waals surface area (Å²) in [4.78, 5) is 21.8. The summed E-state index contributed by atoms with van der Waals surface area (Å²) in [5.41, 5.74) is 1.13. The summed E-state index contributed by atoms with van der Waals surface area (Å²) in [5.74, 6) is -0.348. The molecule has 3 heterocycles. The van der Waals surface area contributed by atoms with E-state index in [-0.39, 0.29) is 22.0 Å². The molecule has 1 aliphatic carbocycles. The van der Waals surface area contributed by atoms with Crippen LogP contribution in [0.2, 0.25) is 0 Å². The highest BCUT2D eigenvalue weighted by atomic mass is 32.2. The van der Waals surface area contributed by atoms with Crippen LogP contribution in [0.1, 0.15) is 50.3 Å². The Labute approximate surface area is 221 Å². The number of pyridine rings is 1. The number of nitrogens with one attached hydrogen (secondary N) is 3. The van der Waals surface area contributed by atoms with Crippen molar-refractivity contribution in [3.05, 3.63) is 83.6 Å². The number of carbonyl (C=O) groups is 1. The first-order valence-corrected chi connectivity index (χ1v) is 15.0. The van der Waals surface area contributed by atoms with Gasteiger partial charge in [0.05, 0.1) is 0 Å². The van der Waals surface area contributed by atoms with Gasteiger partial charge in [-0.1, -0.05) is 49.6 Å². The average molecular weight is 537 g/mol. The Morgan fingerprint density at radius 2 is 1.86 bits per heavy atom. The third kappa shape index (κ3) is 5.35. The lowest BCUT2D eigenvalue weighted by Gasteiger charge is -2.38. The SMILES string of the molecule is C[C@@](Cc1c[nH]c2ccccc12)(NS(=O)(=O)c1cccs1)C(=O)NCC1(c2ccccn2)CCCCC1. The maximum Gasteiger partial charge on any atom is 0.251 e. The van der Waals surface area contributed by atoms with E-state index in [1.807, 2.05) is 48.7 Å². The van der Waals surface area contributed by atoms with Crippen molar-refractivity contribution in [2.24, 2.45) is 0 Å². The number of rotatable bonds is 9. The van der Waals surface area contributed by atoms with Crippen LogP contribution in [0.15, 0.2) is 76.6 Å². The Hall–Kier alpha value is -3.01. The molecule has 1 saturated carbocycles. The first-order valence-electron chi connectivity index (χ1n) is 12.6. The zero-order chi connectivity index (χ0) is 25.9. The summed E-state index contributed by atoms with van der Waals surface area (Å²) >= 11 is 1.13. The second-order valence-corrected chi connectivity index (χ2v) is 13.0. The lowest BCUT2D eigenvalue weighted by atomic mass is 9.71. The number of amides is 1. The van der Waals surface area contributed by atoms with Gasteiger partial charge in [-0.25, -0.2) is 8.42 Å². The van der Waals surface area contributed by atoms with Gasteiger partial charge >= 0.3 is 0 Å². The maximum absolute atomic E-state index is 13.9. The minimum absolute atomic E-state index is 0.183. The first kappa shape index (κ1) is 25.6. The molecule has 7 nitrogen and oxygen atoms in total. The van der Waals surface area contributed by atoms with Crippen LogP contribution in [-0.4, -0.2) is 36.4 Å². The number of aromatic nitrogens is 2. The molecular formula is C28H32N4O3S2. The van der Waals surface area contributed by atoms with Crippen molar-refractivity contribution in [1.82, 2.24) is 20.0 Å². The fourth-order valence-electron chi connectivity index (χ4n) is 5.46. The number of hydrogen-bond acceptors (Lipinski definition) is 5. The van der Waals surface area contributed by atoms with E-state index in [0.29, 0.717) is 6.54 Å². The normalized spacial score (nSPS) is 17.3. The fourth-order valence-corrected chi connectivity index (χ4v) is 7.82. The average Bonchev–Trinajstić information content (AvgIpc) is 3.60. The molecule has 37 heavy (non-hydrogen) atoms. The van der Waals surface area contributed by atoms with E-state index in [2.05, 4.69) is 20.0 Å². The summed E-state index contributed by atoms with van der Waals surface area (Å²) in [5, 5.41) is 5.83. The molecule has 0 aliphatic heterocycles. The Morgan fingerprint density at radius 3 is 2.59 bits per heavy atom. The Balaban J connectivity index is 1.45. The van der Waals surface area contributed by atoms with Crippen molar-refractivity contribution in [2.45, 2.75) is 60.6 Å². The number of fused-ring (bicyclic) bond motifs is 1. The lowest BCUT2D eigenvalue weighted by Crippen LogP contribution is -2.59. The molecule has 1 atom stereocenters. The van der Waals surface area contributed by atoms with Crippen LogP contribution >= 0.6 is 11.3 Å². The molecule has 0 unspecified atom stereocenters. The molecule has 0 spiro atoms. The van der Waals surface area contributed by atoms with Gasteiger partial charge in [-0.2, -0.15) is 4.72 Å². The van der Waals surface area contributed by atoms with Crippen LogP contribution in [-0.2, 0) is 26.7 Å². The summed E-state index contributed by atoms with van der Waals surface area (Å²) in [6.45, 7) is 2.08. The zero-order valence-electron chi connectivity index (χ0n) is 20.9. The van der Waals surface area contributed by atoms with Crippen LogP contribution in [0, 0.1) is 0 Å². The van der Waals surface area contributed by atoms with Crippen molar-refractivity contribution in [3.63, 3.8) is 0 Å². The third-order valence-electron chi connectivity index (χ3n) is 7.45. The molecule has 194 valence electrons. The highest BCUT2D eigenvalue weighted by Gasteiger charge is 2.41. The zero-order valence-corrected chi connectivity index (χ0v) is 22.5. The molecule has 9 heteroatoms. The minimum Gasteiger partial charge on any atom is -0.361 e. The van der Waals surface area contributed by atoms with Gasteiger partial charge in [-0.15, -0.1) is 11.3 Å². The van der Waals surface area contributed by atoms with E-state index in [4.69, 9.17) is 0 Å². The van der Waals surface area contributed by atoms with E-state index in [9.17, 15) is 13.2 Å². The number of benzene rings is 1. The highest BCUT2D eigenvalue weighted by molar-refractivity contribution is 7.91. The van der Waals surface area contributed by atoms with Crippen LogP contribution in [0.3, 0.4) is 0 Å². The minimum atomic E-state index is -3.90. The van der Waals surface area contributed by atoms with Gasteiger partial charge in [0.15, 0.2) is 0 Å². The van der Waals surface area contributed by atoms with Crippen molar-refractivity contribution in [1.29, 1.82) is 0 Å². The second-order valence-electron chi connectivity index (χ2n) is 10.1. The molecular weight excluding hydrogens is 504 g/mol. The molecule has 4 aromatic rings. The van der Waals surface area contributed by atoms with Gasteiger partial charge in [0.25, 0.3) is 10.0 Å². The van der Waals surface area contributed by atoms with Crippen LogP contribution in [0.4, 0.5) is 0 Å². The number of carbonyl (C=O) groups excluding carboxylic acids is 1. The standard InChI is InChI=1S/C28H32N4O3S2/c1-27(32-37(34,35)25-13-9-17-36-25,18-21-19-30-23-11-4-3-10-22(21)23)26(33)31-20-28(14-6-2-7-15-28)24-12-5-8-16-29-24/h3-5,8-13,16-17,19,30,32H,2,6-7,14-15,18,20H2,1H3,(H,31,33)/t27-/m0/s1. The smallest absolute Gasteiger partial charge is 0.251 e. The summed E-state index contributed by atoms with van der Waals surface area (Å²) in [7, 11) is -3.90. The van der Waals surface area contributed by atoms with E-state index >= 15 is 0 Å². The van der Waals surface area contributed by atoms with E-state index < -0.39 is 15.6 Å². The summed E-state index contributed by atoms with van der Waals surface area (Å²) in [6, 6.07) is 17.0. The fraction of sp³-hybridized carbons (Fsp3) is 0.357. The first-order chi connectivity index (χ1) is 17.8. The second kappa shape index (κ2) is 10.4. The van der Waals surface area contributed by atoms with Gasteiger partial charge in [-0.05, 0) is 55.0 Å². The number of para-hydroxylation sites is 1. The van der Waals surface area contributed by atoms with Crippen molar-refractivity contribution < 1.29 is 13.2 Å². The molecule has 0 saturated heterocycles. The predicted molar refractivity (Wildman–Crippen MR) is 147 cm³/mol. The van der Waals surface area contributed by atoms with Gasteiger partial charge < -0.3 is 10.3 Å². The number of sulfonamides is 1. The molecule has 1 aliphatic rings. The summed E-state index contributed by atoms with van der Waals surface area (Å²) < 4.78 is 29.5. The molecule has 5 rings (SSSR count). The molecule has 0 bridgehead atoms. The molecule has 3 N–H and O–H groups in total. The van der Waals surface area contributed by atoms with Crippen LogP contribution in [0.5, 0.6) is 0 Å². The molecule has 0 radical (unpaired) electrons. The van der Waals surface area contributed by atoms with Gasteiger partial charge in [0.2, 0.25) is 5.91 Å². The topological polar surface area (TPSA) is 104 Å². The molecule has 1 amide bonds. The number of hydrogen-bond donors (Lipinski definition) is 3. The van der Waals surface area contributed by atoms with Gasteiger partial charge in [0.1, 0.15) is 9.75 Å². The molecule has 3 aromatic heterocycles. The number of thiophene rings is 1. The third-order valence-corrected chi connectivity index (χ3v) is 10.4. The largest absolute Gasteiger partial charge is 0.361 e. The van der Waals surface area contributed by atoms with E-state index in [0.717, 1.165) is 59.2 Å². The van der Waals surface area contributed by atoms with Crippen molar-refractivity contribution in [3.8, 4) is 0 Å². The Bertz CT molecular complexity index is 1460. The number of nitrogens with zero attached hydrogens (tertiary/aromatic N) is 1. The number of H-pyrrole nitrogens is 1. The Kier molecular flexibility index (Phi) is 7.20. The van der Waals surface area contributed by atoms with Crippen LogP contribution in [0.25, 0.3) is 10.9 Å². The number of aromatic amines is 1. The maximum atomic E-state index is 13.9. The van der Waals surface area contributed by atoms with Gasteiger partial charge in [0, 0.05) is 47.4 Å². The molecule has 1 aromatic carbocycles. The van der Waals surface area contributed by atoms with Crippen molar-refractivity contribution in [2.75, 3.05) is 6.54 Å². The predicted octanol–water partition coefficient (Wildman–Crippen LogP) is 4.92. The molecule has 1 fully saturated rings. The van der Waals surface area contributed by atoms with E-state index in [1.165, 1.54) is 6.42 Å².